The van der Waals surface area contributed by atoms with Crippen LogP contribution in [0, 0.1) is 0 Å². The van der Waals surface area contributed by atoms with Crippen LogP contribution in [-0.2, 0) is 0 Å². The number of thiophene rings is 1. The van der Waals surface area contributed by atoms with Crippen LogP contribution in [0.2, 0.25) is 0 Å². The van der Waals surface area contributed by atoms with Crippen molar-refractivity contribution in [1.29, 1.82) is 0 Å². The van der Waals surface area contributed by atoms with Crippen molar-refractivity contribution >= 4 is 17.0 Å². The fourth-order valence-corrected chi connectivity index (χ4v) is 2.56. The molecule has 0 saturated heterocycles. The fourth-order valence-electron chi connectivity index (χ4n) is 1.82. The average molecular weight is 245 g/mol. The number of benzene rings is 1. The summed E-state index contributed by atoms with van der Waals surface area (Å²) in [4.78, 5) is 1.37. The first-order valence-corrected chi connectivity index (χ1v) is 6.94. The minimum absolute atomic E-state index is 0.375. The third kappa shape index (κ3) is 3.10. The molecule has 0 spiro atoms. The molecule has 2 aromatic rings. The molecule has 1 atom stereocenters. The summed E-state index contributed by atoms with van der Waals surface area (Å²) in [5, 5.41) is 5.64. The van der Waals surface area contributed by atoms with Crippen molar-refractivity contribution in [3.05, 3.63) is 52.2 Å². The second-order valence-corrected chi connectivity index (χ2v) is 5.64. The molecule has 90 valence electrons. The molecule has 1 nitrogen and oxygen atoms in total. The van der Waals surface area contributed by atoms with Crippen LogP contribution in [0.1, 0.15) is 43.2 Å². The first kappa shape index (κ1) is 12.2. The van der Waals surface area contributed by atoms with Crippen LogP contribution in [-0.4, -0.2) is 0 Å². The number of rotatable bonds is 4. The Balaban J connectivity index is 2.04. The lowest BCUT2D eigenvalue weighted by Gasteiger charge is -2.14. The lowest BCUT2D eigenvalue weighted by molar-refractivity contribution is 0.864. The Hall–Kier alpha value is -1.28. The van der Waals surface area contributed by atoms with Crippen LogP contribution >= 0.6 is 11.3 Å². The number of nitrogens with one attached hydrogen (secondary N) is 1. The van der Waals surface area contributed by atoms with Gasteiger partial charge in [-0.05, 0) is 42.0 Å². The van der Waals surface area contributed by atoms with Crippen molar-refractivity contribution in [2.24, 2.45) is 0 Å². The first-order valence-electron chi connectivity index (χ1n) is 6.06. The van der Waals surface area contributed by atoms with E-state index in [4.69, 9.17) is 0 Å². The van der Waals surface area contributed by atoms with E-state index in [2.05, 4.69) is 67.9 Å². The highest BCUT2D eigenvalue weighted by molar-refractivity contribution is 7.10. The zero-order valence-electron chi connectivity index (χ0n) is 10.6. The zero-order chi connectivity index (χ0) is 12.3. The summed E-state index contributed by atoms with van der Waals surface area (Å²) in [5.41, 5.74) is 2.58. The molecular formula is C15H19NS. The molecule has 0 saturated carbocycles. The fraction of sp³-hybridized carbons (Fsp3) is 0.333. The monoisotopic (exact) mass is 245 g/mol. The van der Waals surface area contributed by atoms with E-state index in [9.17, 15) is 0 Å². The summed E-state index contributed by atoms with van der Waals surface area (Å²) in [5.74, 6) is 0.596. The molecule has 0 aliphatic carbocycles. The van der Waals surface area contributed by atoms with Gasteiger partial charge in [0.1, 0.15) is 0 Å². The first-order chi connectivity index (χ1) is 8.16. The summed E-state index contributed by atoms with van der Waals surface area (Å²) >= 11 is 1.80. The molecule has 17 heavy (non-hydrogen) atoms. The van der Waals surface area contributed by atoms with Gasteiger partial charge in [-0.2, -0.15) is 0 Å². The minimum atomic E-state index is 0.375. The summed E-state index contributed by atoms with van der Waals surface area (Å²) < 4.78 is 0. The molecule has 0 radical (unpaired) electrons. The molecule has 0 fully saturated rings. The van der Waals surface area contributed by atoms with E-state index in [1.807, 2.05) is 0 Å². The standard InChI is InChI=1S/C15H19NS/c1-11(2)13-6-8-14(9-7-13)16-12(3)15-5-4-10-17-15/h4-12,16H,1-3H3. The van der Waals surface area contributed by atoms with E-state index < -0.39 is 0 Å². The molecule has 2 rings (SSSR count). The Morgan fingerprint density at radius 2 is 1.71 bits per heavy atom. The van der Waals surface area contributed by atoms with Gasteiger partial charge in [0.2, 0.25) is 0 Å². The minimum Gasteiger partial charge on any atom is -0.378 e. The molecule has 0 amide bonds. The van der Waals surface area contributed by atoms with Gasteiger partial charge in [-0.3, -0.25) is 0 Å². The van der Waals surface area contributed by atoms with E-state index in [-0.39, 0.29) is 0 Å². The van der Waals surface area contributed by atoms with E-state index >= 15 is 0 Å². The van der Waals surface area contributed by atoms with Crippen LogP contribution < -0.4 is 5.32 Å². The highest BCUT2D eigenvalue weighted by Crippen LogP contribution is 2.24. The molecule has 1 aromatic heterocycles. The van der Waals surface area contributed by atoms with Crippen molar-refractivity contribution in [3.8, 4) is 0 Å². The molecule has 0 bridgehead atoms. The van der Waals surface area contributed by atoms with Gasteiger partial charge in [-0.25, -0.2) is 0 Å². The predicted molar refractivity (Wildman–Crippen MR) is 76.9 cm³/mol. The van der Waals surface area contributed by atoms with E-state index in [0.29, 0.717) is 12.0 Å². The maximum absolute atomic E-state index is 3.52. The van der Waals surface area contributed by atoms with Crippen LogP contribution in [0.3, 0.4) is 0 Å². The van der Waals surface area contributed by atoms with Crippen LogP contribution in [0.15, 0.2) is 41.8 Å². The van der Waals surface area contributed by atoms with Crippen molar-refractivity contribution in [3.63, 3.8) is 0 Å². The maximum atomic E-state index is 3.52. The number of hydrogen-bond acceptors (Lipinski definition) is 2. The molecule has 0 aliphatic heterocycles. The lowest BCUT2D eigenvalue weighted by atomic mass is 10.0. The summed E-state index contributed by atoms with van der Waals surface area (Å²) in [6.07, 6.45) is 0. The SMILES string of the molecule is CC(C)c1ccc(NC(C)c2cccs2)cc1. The Kier molecular flexibility index (Phi) is 3.85. The normalized spacial score (nSPS) is 12.7. The average Bonchev–Trinajstić information content (AvgIpc) is 2.83. The maximum Gasteiger partial charge on any atom is 0.0578 e. The Morgan fingerprint density at radius 1 is 1.00 bits per heavy atom. The summed E-state index contributed by atoms with van der Waals surface area (Å²) in [6.45, 7) is 6.63. The Morgan fingerprint density at radius 3 is 2.24 bits per heavy atom. The molecule has 1 heterocycles. The molecular weight excluding hydrogens is 226 g/mol. The van der Waals surface area contributed by atoms with Gasteiger partial charge in [-0.15, -0.1) is 11.3 Å². The van der Waals surface area contributed by atoms with Crippen molar-refractivity contribution in [2.45, 2.75) is 32.7 Å². The van der Waals surface area contributed by atoms with Crippen LogP contribution in [0.25, 0.3) is 0 Å². The third-order valence-electron chi connectivity index (χ3n) is 2.93. The molecule has 1 aromatic carbocycles. The van der Waals surface area contributed by atoms with Crippen LogP contribution in [0.4, 0.5) is 5.69 Å². The van der Waals surface area contributed by atoms with Gasteiger partial charge >= 0.3 is 0 Å². The molecule has 1 N–H and O–H groups in total. The zero-order valence-corrected chi connectivity index (χ0v) is 11.4. The molecule has 1 unspecified atom stereocenters. The predicted octanol–water partition coefficient (Wildman–Crippen LogP) is 5.04. The number of anilines is 1. The topological polar surface area (TPSA) is 12.0 Å². The highest BCUT2D eigenvalue weighted by Gasteiger charge is 2.06. The quantitative estimate of drug-likeness (QED) is 0.795. The molecule has 2 heteroatoms. The lowest BCUT2D eigenvalue weighted by Crippen LogP contribution is -2.04. The smallest absolute Gasteiger partial charge is 0.0578 e. The van der Waals surface area contributed by atoms with Gasteiger partial charge < -0.3 is 5.32 Å². The third-order valence-corrected chi connectivity index (χ3v) is 3.99. The number of hydrogen-bond donors (Lipinski definition) is 1. The van der Waals surface area contributed by atoms with E-state index in [1.165, 1.54) is 16.1 Å². The van der Waals surface area contributed by atoms with Gasteiger partial charge in [0, 0.05) is 10.6 Å². The highest BCUT2D eigenvalue weighted by atomic mass is 32.1. The second kappa shape index (κ2) is 5.37. The Labute approximate surface area is 108 Å². The Bertz CT molecular complexity index is 442. The van der Waals surface area contributed by atoms with E-state index in [1.54, 1.807) is 11.3 Å². The largest absolute Gasteiger partial charge is 0.378 e. The van der Waals surface area contributed by atoms with Crippen LogP contribution in [0.5, 0.6) is 0 Å². The summed E-state index contributed by atoms with van der Waals surface area (Å²) in [7, 11) is 0. The van der Waals surface area contributed by atoms with Gasteiger partial charge in [0.15, 0.2) is 0 Å². The van der Waals surface area contributed by atoms with Gasteiger partial charge in [0.05, 0.1) is 6.04 Å². The van der Waals surface area contributed by atoms with Gasteiger partial charge in [0.25, 0.3) is 0 Å². The second-order valence-electron chi connectivity index (χ2n) is 4.66. The van der Waals surface area contributed by atoms with Crippen molar-refractivity contribution < 1.29 is 0 Å². The van der Waals surface area contributed by atoms with Gasteiger partial charge in [-0.1, -0.05) is 32.0 Å². The molecule has 0 aliphatic rings. The van der Waals surface area contributed by atoms with Crippen molar-refractivity contribution in [2.75, 3.05) is 5.32 Å². The van der Waals surface area contributed by atoms with Crippen molar-refractivity contribution in [1.82, 2.24) is 0 Å². The summed E-state index contributed by atoms with van der Waals surface area (Å²) in [6, 6.07) is 13.4. The van der Waals surface area contributed by atoms with E-state index in [0.717, 1.165) is 0 Å².